The summed E-state index contributed by atoms with van der Waals surface area (Å²) in [5.41, 5.74) is 0.807. The fourth-order valence-electron chi connectivity index (χ4n) is 2.30. The van der Waals surface area contributed by atoms with E-state index in [0.717, 1.165) is 11.9 Å². The molecule has 118 valence electrons. The third-order valence-corrected chi connectivity index (χ3v) is 5.23. The van der Waals surface area contributed by atoms with Gasteiger partial charge >= 0.3 is 0 Å². The maximum Gasteiger partial charge on any atom is 0.278 e. The Labute approximate surface area is 127 Å². The number of piperazine rings is 1. The number of rotatable bonds is 4. The smallest absolute Gasteiger partial charge is 0.278 e. The van der Waals surface area contributed by atoms with Crippen LogP contribution in [-0.4, -0.2) is 64.9 Å². The first-order valence-corrected chi connectivity index (χ1v) is 8.16. The number of furan rings is 1. The van der Waals surface area contributed by atoms with Gasteiger partial charge in [-0.2, -0.15) is 9.40 Å². The van der Waals surface area contributed by atoms with Crippen LogP contribution in [-0.2, 0) is 21.2 Å². The molecule has 22 heavy (non-hydrogen) atoms. The first-order chi connectivity index (χ1) is 10.6. The van der Waals surface area contributed by atoms with E-state index in [-0.39, 0.29) is 30.6 Å². The van der Waals surface area contributed by atoms with Crippen molar-refractivity contribution in [3.05, 3.63) is 30.5 Å². The maximum absolute atomic E-state index is 12.3. The van der Waals surface area contributed by atoms with Crippen LogP contribution in [0.2, 0.25) is 0 Å². The number of sulfonamides is 1. The molecule has 1 fully saturated rings. The Kier molecular flexibility index (Phi) is 3.94. The van der Waals surface area contributed by atoms with Crippen molar-refractivity contribution < 1.29 is 17.6 Å². The van der Waals surface area contributed by atoms with Gasteiger partial charge in [-0.05, 0) is 11.6 Å². The molecule has 1 aliphatic rings. The number of carbonyl (C=O) groups excluding carboxylic acids is 1. The van der Waals surface area contributed by atoms with Crippen LogP contribution >= 0.6 is 0 Å². The van der Waals surface area contributed by atoms with Crippen molar-refractivity contribution in [3.63, 3.8) is 0 Å². The summed E-state index contributed by atoms with van der Waals surface area (Å²) in [6, 6.07) is 1.74. The van der Waals surface area contributed by atoms with Gasteiger partial charge in [0.25, 0.3) is 15.2 Å². The Balaban J connectivity index is 1.60. The maximum atomic E-state index is 12.3. The summed E-state index contributed by atoms with van der Waals surface area (Å²) in [4.78, 5) is 17.5. The monoisotopic (exact) mass is 325 g/mol. The molecule has 3 heterocycles. The lowest BCUT2D eigenvalue weighted by atomic mass is 10.2. The number of carbonyl (C=O) groups is 1. The predicted molar refractivity (Wildman–Crippen MR) is 74.1 cm³/mol. The zero-order valence-electron chi connectivity index (χ0n) is 11.7. The van der Waals surface area contributed by atoms with Gasteiger partial charge in [0.1, 0.15) is 6.33 Å². The number of hydrogen-bond donors (Lipinski definition) is 1. The van der Waals surface area contributed by atoms with E-state index in [1.807, 2.05) is 0 Å². The summed E-state index contributed by atoms with van der Waals surface area (Å²) in [5, 5.41) is 5.73. The summed E-state index contributed by atoms with van der Waals surface area (Å²) in [6.07, 6.45) is 4.45. The Hall–Kier alpha value is -2.20. The first kappa shape index (κ1) is 14.7. The zero-order chi connectivity index (χ0) is 15.6. The van der Waals surface area contributed by atoms with Gasteiger partial charge in [-0.15, -0.1) is 0 Å². The van der Waals surface area contributed by atoms with E-state index in [2.05, 4.69) is 15.2 Å². The second kappa shape index (κ2) is 5.89. The number of nitrogens with one attached hydrogen (secondary N) is 1. The van der Waals surface area contributed by atoms with Crippen LogP contribution in [0, 0.1) is 0 Å². The number of amides is 1. The normalized spacial score (nSPS) is 16.8. The average molecular weight is 325 g/mol. The van der Waals surface area contributed by atoms with Gasteiger partial charge in [-0.3, -0.25) is 4.79 Å². The number of hydrogen-bond acceptors (Lipinski definition) is 6. The fraction of sp³-hybridized carbons (Fsp3) is 0.417. The van der Waals surface area contributed by atoms with Crippen molar-refractivity contribution in [2.24, 2.45) is 0 Å². The largest absolute Gasteiger partial charge is 0.472 e. The average Bonchev–Trinajstić information content (AvgIpc) is 3.21. The van der Waals surface area contributed by atoms with Gasteiger partial charge in [-0.25, -0.2) is 18.5 Å². The third kappa shape index (κ3) is 2.88. The summed E-state index contributed by atoms with van der Waals surface area (Å²) in [5.74, 6) is -0.0434. The van der Waals surface area contributed by atoms with E-state index in [9.17, 15) is 13.2 Å². The van der Waals surface area contributed by atoms with Crippen LogP contribution in [0.1, 0.15) is 5.56 Å². The summed E-state index contributed by atoms with van der Waals surface area (Å²) < 4.78 is 30.7. The van der Waals surface area contributed by atoms with E-state index >= 15 is 0 Å². The summed E-state index contributed by atoms with van der Waals surface area (Å²) in [7, 11) is -3.67. The van der Waals surface area contributed by atoms with Crippen molar-refractivity contribution in [1.29, 1.82) is 0 Å². The van der Waals surface area contributed by atoms with Gasteiger partial charge in [0.05, 0.1) is 18.9 Å². The van der Waals surface area contributed by atoms with Crippen LogP contribution in [0.25, 0.3) is 0 Å². The fourth-order valence-corrected chi connectivity index (χ4v) is 3.54. The highest BCUT2D eigenvalue weighted by Crippen LogP contribution is 2.14. The van der Waals surface area contributed by atoms with Crippen LogP contribution in [0.4, 0.5) is 0 Å². The molecular formula is C12H15N5O4S. The molecule has 1 aliphatic heterocycles. The molecule has 0 radical (unpaired) electrons. The van der Waals surface area contributed by atoms with Gasteiger partial charge < -0.3 is 9.32 Å². The minimum absolute atomic E-state index is 0.0434. The lowest BCUT2D eigenvalue weighted by molar-refractivity contribution is -0.131. The minimum atomic E-state index is -3.67. The molecule has 0 aromatic carbocycles. The molecule has 0 aliphatic carbocycles. The van der Waals surface area contributed by atoms with Gasteiger partial charge in [0, 0.05) is 26.2 Å². The minimum Gasteiger partial charge on any atom is -0.472 e. The number of aromatic nitrogens is 3. The predicted octanol–water partition coefficient (Wildman–Crippen LogP) is -0.527. The molecule has 1 saturated heterocycles. The van der Waals surface area contributed by atoms with Crippen LogP contribution in [0.15, 0.2) is 34.5 Å². The van der Waals surface area contributed by atoms with Gasteiger partial charge in [0.15, 0.2) is 0 Å². The standard InChI is InChI=1S/C12H15N5O4S/c18-11(7-10-1-6-21-8-10)16-2-4-17(5-3-16)22(19,20)12-13-9-14-15-12/h1,6,8-9H,2-5,7H2,(H,13,14,15). The molecular weight excluding hydrogens is 310 g/mol. The number of aromatic amines is 1. The van der Waals surface area contributed by atoms with Crippen molar-refractivity contribution in [2.75, 3.05) is 26.2 Å². The second-order valence-electron chi connectivity index (χ2n) is 4.88. The molecule has 3 rings (SSSR count). The topological polar surface area (TPSA) is 112 Å². The van der Waals surface area contributed by atoms with Crippen molar-refractivity contribution in [3.8, 4) is 0 Å². The van der Waals surface area contributed by atoms with Crippen LogP contribution < -0.4 is 0 Å². The molecule has 0 saturated carbocycles. The molecule has 0 bridgehead atoms. The van der Waals surface area contributed by atoms with E-state index in [1.165, 1.54) is 16.8 Å². The molecule has 2 aromatic rings. The lowest BCUT2D eigenvalue weighted by Gasteiger charge is -2.33. The lowest BCUT2D eigenvalue weighted by Crippen LogP contribution is -2.51. The van der Waals surface area contributed by atoms with E-state index in [0.29, 0.717) is 13.1 Å². The zero-order valence-corrected chi connectivity index (χ0v) is 12.5. The molecule has 0 spiro atoms. The number of nitrogens with zero attached hydrogens (tertiary/aromatic N) is 4. The van der Waals surface area contributed by atoms with Gasteiger partial charge in [0.2, 0.25) is 5.91 Å². The van der Waals surface area contributed by atoms with E-state index < -0.39 is 10.0 Å². The molecule has 10 heteroatoms. The molecule has 0 unspecified atom stereocenters. The third-order valence-electron chi connectivity index (χ3n) is 3.50. The second-order valence-corrected chi connectivity index (χ2v) is 6.74. The SMILES string of the molecule is O=C(Cc1ccoc1)N1CCN(S(=O)(=O)c2ncn[nH]2)CC1. The first-order valence-electron chi connectivity index (χ1n) is 6.72. The summed E-state index contributed by atoms with van der Waals surface area (Å²) in [6.45, 7) is 1.18. The molecule has 0 atom stereocenters. The molecule has 2 aromatic heterocycles. The quantitative estimate of drug-likeness (QED) is 0.809. The van der Waals surface area contributed by atoms with E-state index in [1.54, 1.807) is 11.0 Å². The van der Waals surface area contributed by atoms with Crippen molar-refractivity contribution >= 4 is 15.9 Å². The highest BCUT2D eigenvalue weighted by atomic mass is 32.2. The number of H-pyrrole nitrogens is 1. The highest BCUT2D eigenvalue weighted by molar-refractivity contribution is 7.88. The van der Waals surface area contributed by atoms with Crippen molar-refractivity contribution in [1.82, 2.24) is 24.4 Å². The van der Waals surface area contributed by atoms with Crippen molar-refractivity contribution in [2.45, 2.75) is 11.6 Å². The molecule has 1 N–H and O–H groups in total. The van der Waals surface area contributed by atoms with Crippen LogP contribution in [0.3, 0.4) is 0 Å². The van der Waals surface area contributed by atoms with Crippen LogP contribution in [0.5, 0.6) is 0 Å². The Morgan fingerprint density at radius 1 is 1.32 bits per heavy atom. The Morgan fingerprint density at radius 2 is 2.09 bits per heavy atom. The Morgan fingerprint density at radius 3 is 2.68 bits per heavy atom. The molecule has 1 amide bonds. The van der Waals surface area contributed by atoms with Gasteiger partial charge in [-0.1, -0.05) is 0 Å². The van der Waals surface area contributed by atoms with E-state index in [4.69, 9.17) is 4.42 Å². The Bertz CT molecular complexity index is 718. The highest BCUT2D eigenvalue weighted by Gasteiger charge is 2.31. The summed E-state index contributed by atoms with van der Waals surface area (Å²) >= 11 is 0. The molecule has 9 nitrogen and oxygen atoms in total.